The van der Waals surface area contributed by atoms with Crippen LogP contribution in [0.4, 0.5) is 16.2 Å². The molecule has 0 aliphatic carbocycles. The van der Waals surface area contributed by atoms with E-state index >= 15 is 0 Å². The molecule has 2 aliphatic heterocycles. The second kappa shape index (κ2) is 7.52. The molecule has 0 bridgehead atoms. The minimum absolute atomic E-state index is 0.314. The van der Waals surface area contributed by atoms with Gasteiger partial charge in [-0.15, -0.1) is 5.48 Å². The van der Waals surface area contributed by atoms with Crippen LogP contribution in [0.15, 0.2) is 18.2 Å². The number of likely N-dealkylation sites (tertiary alicyclic amines) is 1. The molecule has 2 saturated heterocycles. The molecule has 2 fully saturated rings. The first-order valence-electron chi connectivity index (χ1n) is 8.14. The second-order valence-electron chi connectivity index (χ2n) is 5.83. The van der Waals surface area contributed by atoms with Crippen molar-refractivity contribution in [2.24, 2.45) is 0 Å². The second-order valence-corrected chi connectivity index (χ2v) is 5.83. The number of benzene rings is 1. The number of morpholine rings is 1. The van der Waals surface area contributed by atoms with Crippen molar-refractivity contribution in [2.45, 2.75) is 19.4 Å². The Morgan fingerprint density at radius 2 is 1.96 bits per heavy atom. The molecule has 7 nitrogen and oxygen atoms in total. The third-order valence-corrected chi connectivity index (χ3v) is 4.31. The topological polar surface area (TPSA) is 80.1 Å². The molecule has 126 valence electrons. The number of ether oxygens (including phenoxy) is 1. The molecule has 1 aromatic carbocycles. The van der Waals surface area contributed by atoms with Gasteiger partial charge in [0.25, 0.3) is 0 Å². The van der Waals surface area contributed by atoms with Crippen molar-refractivity contribution in [3.8, 4) is 0 Å². The molecule has 7 heteroatoms. The van der Waals surface area contributed by atoms with E-state index < -0.39 is 0 Å². The highest BCUT2D eigenvalue weighted by molar-refractivity contribution is 5.71. The van der Waals surface area contributed by atoms with Crippen molar-refractivity contribution in [1.82, 2.24) is 10.4 Å². The normalized spacial score (nSPS) is 18.3. The number of nitrogen functional groups attached to an aromatic ring is 1. The zero-order chi connectivity index (χ0) is 16.1. The van der Waals surface area contributed by atoms with Gasteiger partial charge >= 0.3 is 6.09 Å². The third-order valence-electron chi connectivity index (χ3n) is 4.31. The number of hydrogen-bond acceptors (Lipinski definition) is 6. The van der Waals surface area contributed by atoms with E-state index in [0.717, 1.165) is 69.2 Å². The number of hydrogen-bond donors (Lipinski definition) is 2. The van der Waals surface area contributed by atoms with Gasteiger partial charge in [-0.05, 0) is 24.5 Å². The van der Waals surface area contributed by atoms with Crippen molar-refractivity contribution in [3.63, 3.8) is 0 Å². The van der Waals surface area contributed by atoms with Crippen molar-refractivity contribution >= 4 is 17.5 Å². The van der Waals surface area contributed by atoms with E-state index in [4.69, 9.17) is 15.3 Å². The standard InChI is InChI=1S/C16H24N4O3/c17-15-13(12-18-23-16(21)20-6-1-2-7-20)4-3-5-14(15)19-8-10-22-11-9-19/h3-5,18H,1-2,6-12,17H2. The number of anilines is 2. The lowest BCUT2D eigenvalue weighted by Gasteiger charge is -2.30. The summed E-state index contributed by atoms with van der Waals surface area (Å²) >= 11 is 0. The molecular formula is C16H24N4O3. The first kappa shape index (κ1) is 15.9. The summed E-state index contributed by atoms with van der Waals surface area (Å²) in [5.41, 5.74) is 11.7. The maximum absolute atomic E-state index is 11.8. The van der Waals surface area contributed by atoms with Crippen LogP contribution in [-0.2, 0) is 16.1 Å². The highest BCUT2D eigenvalue weighted by Crippen LogP contribution is 2.27. The van der Waals surface area contributed by atoms with Crippen molar-refractivity contribution < 1.29 is 14.4 Å². The van der Waals surface area contributed by atoms with Crippen LogP contribution in [0.1, 0.15) is 18.4 Å². The Labute approximate surface area is 136 Å². The maximum atomic E-state index is 11.8. The average Bonchev–Trinajstić information content (AvgIpc) is 3.12. The van der Waals surface area contributed by atoms with Crippen LogP contribution < -0.4 is 16.1 Å². The molecule has 0 unspecified atom stereocenters. The van der Waals surface area contributed by atoms with Gasteiger partial charge in [0.2, 0.25) is 0 Å². The van der Waals surface area contributed by atoms with Crippen molar-refractivity contribution in [1.29, 1.82) is 0 Å². The molecule has 1 amide bonds. The molecule has 0 saturated carbocycles. The predicted molar refractivity (Wildman–Crippen MR) is 88.0 cm³/mol. The Morgan fingerprint density at radius 1 is 1.22 bits per heavy atom. The molecule has 3 N–H and O–H groups in total. The lowest BCUT2D eigenvalue weighted by Crippen LogP contribution is -2.37. The van der Waals surface area contributed by atoms with Crippen molar-refractivity contribution in [2.75, 3.05) is 50.0 Å². The molecule has 2 aliphatic rings. The number of nitrogens with two attached hydrogens (primary N) is 1. The molecule has 23 heavy (non-hydrogen) atoms. The fourth-order valence-electron chi connectivity index (χ4n) is 2.97. The van der Waals surface area contributed by atoms with Gasteiger partial charge < -0.3 is 25.1 Å². The highest BCUT2D eigenvalue weighted by atomic mass is 16.7. The summed E-state index contributed by atoms with van der Waals surface area (Å²) < 4.78 is 5.37. The third kappa shape index (κ3) is 3.86. The molecule has 0 aromatic heterocycles. The van der Waals surface area contributed by atoms with E-state index in [9.17, 15) is 4.79 Å². The first-order chi connectivity index (χ1) is 11.3. The van der Waals surface area contributed by atoms with Crippen LogP contribution in [0.3, 0.4) is 0 Å². The quantitative estimate of drug-likeness (QED) is 0.644. The van der Waals surface area contributed by atoms with E-state index in [1.54, 1.807) is 4.90 Å². The Balaban J connectivity index is 1.56. The minimum Gasteiger partial charge on any atom is -0.397 e. The Kier molecular flexibility index (Phi) is 5.19. The molecule has 0 atom stereocenters. The summed E-state index contributed by atoms with van der Waals surface area (Å²) in [5.74, 6) is 0. The van der Waals surface area contributed by atoms with E-state index in [2.05, 4.69) is 10.4 Å². The smallest absolute Gasteiger partial charge is 0.397 e. The Morgan fingerprint density at radius 3 is 2.70 bits per heavy atom. The van der Waals surface area contributed by atoms with E-state index in [0.29, 0.717) is 6.54 Å². The molecule has 0 spiro atoms. The zero-order valence-corrected chi connectivity index (χ0v) is 13.3. The van der Waals surface area contributed by atoms with Gasteiger partial charge in [0.05, 0.1) is 31.1 Å². The number of carbonyl (C=O) groups is 1. The number of para-hydroxylation sites is 1. The summed E-state index contributed by atoms with van der Waals surface area (Å²) in [6, 6.07) is 5.93. The molecule has 0 radical (unpaired) electrons. The number of amides is 1. The van der Waals surface area contributed by atoms with Gasteiger partial charge in [-0.2, -0.15) is 0 Å². The number of nitrogens with one attached hydrogen (secondary N) is 1. The minimum atomic E-state index is -0.314. The van der Waals surface area contributed by atoms with Gasteiger partial charge in [-0.25, -0.2) is 4.79 Å². The van der Waals surface area contributed by atoms with Gasteiger partial charge in [0, 0.05) is 26.2 Å². The molecule has 1 aromatic rings. The Bertz CT molecular complexity index is 540. The van der Waals surface area contributed by atoms with Crippen LogP contribution in [0.5, 0.6) is 0 Å². The highest BCUT2D eigenvalue weighted by Gasteiger charge is 2.20. The number of nitrogens with zero attached hydrogens (tertiary/aromatic N) is 2. The van der Waals surface area contributed by atoms with E-state index in [1.807, 2.05) is 18.2 Å². The van der Waals surface area contributed by atoms with Crippen LogP contribution in [0.2, 0.25) is 0 Å². The first-order valence-corrected chi connectivity index (χ1v) is 8.14. The lowest BCUT2D eigenvalue weighted by molar-refractivity contribution is 0.0582. The van der Waals surface area contributed by atoms with Gasteiger partial charge in [-0.3, -0.25) is 0 Å². The maximum Gasteiger partial charge on any atom is 0.428 e. The Hall–Kier alpha value is -1.99. The van der Waals surface area contributed by atoms with Crippen LogP contribution in [-0.4, -0.2) is 50.4 Å². The number of carbonyl (C=O) groups excluding carboxylic acids is 1. The summed E-state index contributed by atoms with van der Waals surface area (Å²) in [4.78, 5) is 20.9. The van der Waals surface area contributed by atoms with Crippen molar-refractivity contribution in [3.05, 3.63) is 23.8 Å². The lowest BCUT2D eigenvalue weighted by atomic mass is 10.1. The molecule has 2 heterocycles. The summed E-state index contributed by atoms with van der Waals surface area (Å²) in [7, 11) is 0. The fraction of sp³-hybridized carbons (Fsp3) is 0.562. The van der Waals surface area contributed by atoms with Gasteiger partial charge in [0.1, 0.15) is 0 Å². The summed E-state index contributed by atoms with van der Waals surface area (Å²) in [5, 5.41) is 0. The van der Waals surface area contributed by atoms with Gasteiger partial charge in [0.15, 0.2) is 0 Å². The van der Waals surface area contributed by atoms with E-state index in [1.165, 1.54) is 0 Å². The average molecular weight is 320 g/mol. The van der Waals surface area contributed by atoms with Crippen LogP contribution in [0, 0.1) is 0 Å². The zero-order valence-electron chi connectivity index (χ0n) is 13.3. The molecule has 3 rings (SSSR count). The van der Waals surface area contributed by atoms with Crippen LogP contribution in [0.25, 0.3) is 0 Å². The predicted octanol–water partition coefficient (Wildman–Crippen LogP) is 1.34. The number of rotatable bonds is 4. The van der Waals surface area contributed by atoms with E-state index in [-0.39, 0.29) is 6.09 Å². The summed E-state index contributed by atoms with van der Waals surface area (Å²) in [6.45, 7) is 5.05. The summed E-state index contributed by atoms with van der Waals surface area (Å²) in [6.07, 6.45) is 1.78. The van der Waals surface area contributed by atoms with Gasteiger partial charge in [-0.1, -0.05) is 12.1 Å². The largest absolute Gasteiger partial charge is 0.428 e. The van der Waals surface area contributed by atoms with Crippen LogP contribution >= 0.6 is 0 Å². The fourth-order valence-corrected chi connectivity index (χ4v) is 2.97. The SMILES string of the molecule is Nc1c(CNOC(=O)N2CCCC2)cccc1N1CCOCC1. The molecular weight excluding hydrogens is 296 g/mol. The number of hydroxylamine groups is 1. The monoisotopic (exact) mass is 320 g/mol.